The molecule has 47 heavy (non-hydrogen) atoms. The van der Waals surface area contributed by atoms with Crippen molar-refractivity contribution in [2.24, 2.45) is 23.7 Å². The van der Waals surface area contributed by atoms with Gasteiger partial charge in [-0.15, -0.1) is 0 Å². The lowest BCUT2D eigenvalue weighted by atomic mass is 9.96. The molecule has 3 unspecified atom stereocenters. The highest BCUT2D eigenvalue weighted by Gasteiger charge is 2.32. The number of nitrogens with one attached hydrogen (secondary N) is 7. The van der Waals surface area contributed by atoms with Gasteiger partial charge >= 0.3 is 0 Å². The molecule has 0 radical (unpaired) electrons. The van der Waals surface area contributed by atoms with Crippen molar-refractivity contribution in [1.82, 2.24) is 37.2 Å². The van der Waals surface area contributed by atoms with Crippen molar-refractivity contribution >= 4 is 29.5 Å². The largest absolute Gasteiger partial charge is 0.387 e. The van der Waals surface area contributed by atoms with Gasteiger partial charge in [0.25, 0.3) is 5.91 Å². The molecule has 6 atom stereocenters. The van der Waals surface area contributed by atoms with E-state index in [-0.39, 0.29) is 47.4 Å². The van der Waals surface area contributed by atoms with E-state index in [2.05, 4.69) is 64.9 Å². The normalized spacial score (nSPS) is 16.7. The van der Waals surface area contributed by atoms with Crippen LogP contribution in [-0.2, 0) is 24.0 Å². The fourth-order valence-electron chi connectivity index (χ4n) is 5.15. The summed E-state index contributed by atoms with van der Waals surface area (Å²) in [5.74, 6) is -1.25. The lowest BCUT2D eigenvalue weighted by Gasteiger charge is -2.29. The highest BCUT2D eigenvalue weighted by molar-refractivity contribution is 6.00. The highest BCUT2D eigenvalue weighted by atomic mass is 16.2. The minimum atomic E-state index is -0.812. The monoisotopic (exact) mass is 661 g/mol. The number of amides is 5. The molecular formula is C35H63N7O5. The smallest absolute Gasteiger partial charge is 0.251 e. The second-order valence-corrected chi connectivity index (χ2v) is 13.9. The molecule has 1 aliphatic heterocycles. The van der Waals surface area contributed by atoms with Crippen molar-refractivity contribution in [3.63, 3.8) is 0 Å². The third kappa shape index (κ3) is 15.4. The first-order valence-corrected chi connectivity index (χ1v) is 17.4. The third-order valence-corrected chi connectivity index (χ3v) is 8.29. The van der Waals surface area contributed by atoms with E-state index in [0.717, 1.165) is 6.42 Å². The van der Waals surface area contributed by atoms with Gasteiger partial charge in [0, 0.05) is 31.2 Å². The van der Waals surface area contributed by atoms with Crippen LogP contribution in [0.15, 0.2) is 23.9 Å². The predicted molar refractivity (Wildman–Crippen MR) is 187 cm³/mol. The molecule has 0 aromatic rings. The average Bonchev–Trinajstić information content (AvgIpc) is 3.02. The molecule has 0 saturated heterocycles. The second kappa shape index (κ2) is 21.5. The fraction of sp³-hybridized carbons (Fsp3) is 0.743. The summed E-state index contributed by atoms with van der Waals surface area (Å²) in [5, 5.41) is 20.8. The van der Waals surface area contributed by atoms with Gasteiger partial charge in [0.05, 0.1) is 6.04 Å². The van der Waals surface area contributed by atoms with Crippen LogP contribution in [0.1, 0.15) is 94.9 Å². The van der Waals surface area contributed by atoms with Crippen LogP contribution >= 0.6 is 0 Å². The Labute approximate surface area is 282 Å². The Morgan fingerprint density at radius 2 is 1.45 bits per heavy atom. The van der Waals surface area contributed by atoms with Crippen LogP contribution in [0.2, 0.25) is 0 Å². The van der Waals surface area contributed by atoms with Gasteiger partial charge in [-0.05, 0) is 69.1 Å². The van der Waals surface area contributed by atoms with Gasteiger partial charge in [-0.2, -0.15) is 0 Å². The Morgan fingerprint density at radius 3 is 1.98 bits per heavy atom. The summed E-state index contributed by atoms with van der Waals surface area (Å²) in [5.41, 5.74) is 0.481. The van der Waals surface area contributed by atoms with Crippen LogP contribution in [0, 0.1) is 23.7 Å². The molecule has 0 bridgehead atoms. The maximum atomic E-state index is 13.8. The van der Waals surface area contributed by atoms with E-state index in [1.807, 2.05) is 34.6 Å². The van der Waals surface area contributed by atoms with Crippen molar-refractivity contribution in [3.05, 3.63) is 23.9 Å². The molecule has 268 valence electrons. The Kier molecular flexibility index (Phi) is 19.0. The number of hydrogen-bond acceptors (Lipinski definition) is 7. The molecule has 1 aliphatic rings. The summed E-state index contributed by atoms with van der Waals surface area (Å²) in [6.45, 7) is 20.7. The highest BCUT2D eigenvalue weighted by Crippen LogP contribution is 2.14. The Bertz CT molecular complexity index is 1090. The molecule has 1 rings (SSSR count). The molecule has 7 N–H and O–H groups in total. The zero-order chi connectivity index (χ0) is 35.7. The molecule has 0 aliphatic carbocycles. The molecule has 0 aromatic heterocycles. The summed E-state index contributed by atoms with van der Waals surface area (Å²) < 4.78 is 0. The molecular weight excluding hydrogens is 598 g/mol. The van der Waals surface area contributed by atoms with E-state index >= 15 is 0 Å². The van der Waals surface area contributed by atoms with Gasteiger partial charge in [-0.25, -0.2) is 0 Å². The number of dihydropyridines is 1. The lowest BCUT2D eigenvalue weighted by molar-refractivity contribution is -0.132. The van der Waals surface area contributed by atoms with Gasteiger partial charge in [0.15, 0.2) is 0 Å². The van der Waals surface area contributed by atoms with Crippen LogP contribution in [0.5, 0.6) is 0 Å². The summed E-state index contributed by atoms with van der Waals surface area (Å²) in [7, 11) is 0. The van der Waals surface area contributed by atoms with Crippen molar-refractivity contribution in [2.45, 2.75) is 125 Å². The SMILES string of the molecule is CCNC(=O)C(NC(=O)[C@H](C)NCC(CC(C)C)NC(=O)[C@H](CCC(C)C)NC(=O)C(NC(=O)C1=CCNC=C1)[C@@H](C)CC)C(C)C. The summed E-state index contributed by atoms with van der Waals surface area (Å²) >= 11 is 0. The van der Waals surface area contributed by atoms with Crippen LogP contribution in [-0.4, -0.2) is 79.4 Å². The second-order valence-electron chi connectivity index (χ2n) is 13.9. The molecule has 0 spiro atoms. The van der Waals surface area contributed by atoms with E-state index in [1.165, 1.54) is 0 Å². The first-order chi connectivity index (χ1) is 22.1. The number of likely N-dealkylation sites (N-methyl/N-ethyl adjacent to an activating group) is 1. The Hall–Kier alpha value is -3.41. The van der Waals surface area contributed by atoms with Gasteiger partial charge in [0.2, 0.25) is 23.6 Å². The summed E-state index contributed by atoms with van der Waals surface area (Å²) in [6.07, 6.45) is 7.59. The van der Waals surface area contributed by atoms with Crippen LogP contribution < -0.4 is 37.2 Å². The average molecular weight is 662 g/mol. The van der Waals surface area contributed by atoms with Crippen molar-refractivity contribution in [3.8, 4) is 0 Å². The lowest BCUT2D eigenvalue weighted by Crippen LogP contribution is -2.58. The molecule has 0 aromatic carbocycles. The molecule has 12 nitrogen and oxygen atoms in total. The first-order valence-electron chi connectivity index (χ1n) is 17.4. The molecule has 1 heterocycles. The Balaban J connectivity index is 3.04. The molecule has 0 saturated carbocycles. The topological polar surface area (TPSA) is 170 Å². The number of carbonyl (C=O) groups is 5. The van der Waals surface area contributed by atoms with Crippen LogP contribution in [0.4, 0.5) is 0 Å². The van der Waals surface area contributed by atoms with E-state index in [0.29, 0.717) is 50.4 Å². The maximum absolute atomic E-state index is 13.8. The van der Waals surface area contributed by atoms with E-state index < -0.39 is 30.1 Å². The quantitative estimate of drug-likeness (QED) is 0.0990. The third-order valence-electron chi connectivity index (χ3n) is 8.29. The van der Waals surface area contributed by atoms with Crippen LogP contribution in [0.25, 0.3) is 0 Å². The number of carbonyl (C=O) groups excluding carboxylic acids is 5. The molecule has 12 heteroatoms. The van der Waals surface area contributed by atoms with Crippen molar-refractivity contribution in [1.29, 1.82) is 0 Å². The molecule has 5 amide bonds. The Morgan fingerprint density at radius 1 is 0.766 bits per heavy atom. The van der Waals surface area contributed by atoms with Gasteiger partial charge in [-0.3, -0.25) is 24.0 Å². The van der Waals surface area contributed by atoms with E-state index in [9.17, 15) is 24.0 Å². The first kappa shape index (κ1) is 41.6. The number of rotatable bonds is 21. The minimum Gasteiger partial charge on any atom is -0.387 e. The summed E-state index contributed by atoms with van der Waals surface area (Å²) in [4.78, 5) is 65.8. The van der Waals surface area contributed by atoms with Gasteiger partial charge in [-0.1, -0.05) is 67.9 Å². The minimum absolute atomic E-state index is 0.0876. The van der Waals surface area contributed by atoms with Crippen LogP contribution in [0.3, 0.4) is 0 Å². The molecule has 0 fully saturated rings. The van der Waals surface area contributed by atoms with Crippen molar-refractivity contribution in [2.75, 3.05) is 19.6 Å². The van der Waals surface area contributed by atoms with Gasteiger partial charge < -0.3 is 37.2 Å². The predicted octanol–water partition coefficient (Wildman–Crippen LogP) is 2.27. The zero-order valence-electron chi connectivity index (χ0n) is 30.4. The number of hydrogen-bond donors (Lipinski definition) is 7. The standard InChI is InChI=1S/C35H63N7O5/c1-11-24(9)30(42-32(44)26-15-17-36-18-16-26)35(47)40-28(14-13-21(3)4)33(45)39-27(19-22(5)6)20-38-25(10)31(43)41-29(23(7)8)34(46)37-12-2/h15-17,21-25,27-30,36,38H,11-14,18-20H2,1-10H3,(H,37,46)(H,39,45)(H,40,47)(H,41,43)(H,42,44)/t24-,25-,27?,28-,29?,30?/m0/s1. The zero-order valence-corrected chi connectivity index (χ0v) is 30.4. The summed E-state index contributed by atoms with van der Waals surface area (Å²) in [6, 6.07) is -3.19. The van der Waals surface area contributed by atoms with E-state index in [4.69, 9.17) is 0 Å². The maximum Gasteiger partial charge on any atom is 0.251 e. The fourth-order valence-corrected chi connectivity index (χ4v) is 5.15. The van der Waals surface area contributed by atoms with Crippen molar-refractivity contribution < 1.29 is 24.0 Å². The van der Waals surface area contributed by atoms with E-state index in [1.54, 1.807) is 25.3 Å². The van der Waals surface area contributed by atoms with Gasteiger partial charge in [0.1, 0.15) is 18.1 Å².